The summed E-state index contributed by atoms with van der Waals surface area (Å²) in [6.45, 7) is 0. The first-order valence-electron chi connectivity index (χ1n) is 7.74. The highest BCUT2D eigenvalue weighted by Crippen LogP contribution is 2.22. The molecule has 0 atom stereocenters. The van der Waals surface area contributed by atoms with Gasteiger partial charge in [-0.05, 0) is 30.3 Å². The van der Waals surface area contributed by atoms with Crippen molar-refractivity contribution < 1.29 is 0 Å². The fourth-order valence-corrected chi connectivity index (χ4v) is 2.55. The van der Waals surface area contributed by atoms with Crippen LogP contribution in [0, 0.1) is 0 Å². The van der Waals surface area contributed by atoms with E-state index in [9.17, 15) is 0 Å². The quantitative estimate of drug-likeness (QED) is 0.549. The van der Waals surface area contributed by atoms with Gasteiger partial charge in [-0.2, -0.15) is 0 Å². The number of halogens is 1. The molecule has 2 heterocycles. The number of aromatic nitrogens is 4. The van der Waals surface area contributed by atoms with Crippen LogP contribution in [0.2, 0.25) is 5.02 Å². The smallest absolute Gasteiger partial charge is 0.227 e. The van der Waals surface area contributed by atoms with E-state index in [1.165, 1.54) is 0 Å². The Bertz CT molecular complexity index is 980. The van der Waals surface area contributed by atoms with E-state index in [1.807, 2.05) is 60.7 Å². The lowest BCUT2D eigenvalue weighted by Gasteiger charge is -2.05. The largest absolute Gasteiger partial charge is 0.337 e. The lowest BCUT2D eigenvalue weighted by molar-refractivity contribution is 1.16. The molecule has 0 spiro atoms. The average molecular weight is 348 g/mol. The van der Waals surface area contributed by atoms with E-state index < -0.39 is 0 Å². The van der Waals surface area contributed by atoms with E-state index in [0.717, 1.165) is 28.5 Å². The number of hydrogen-bond acceptors (Lipinski definition) is 4. The molecular formula is C19H14ClN5. The molecular weight excluding hydrogens is 334 g/mol. The van der Waals surface area contributed by atoms with E-state index >= 15 is 0 Å². The lowest BCUT2D eigenvalue weighted by Crippen LogP contribution is -1.97. The molecule has 4 rings (SSSR count). The third kappa shape index (κ3) is 3.51. The van der Waals surface area contributed by atoms with Gasteiger partial charge in [-0.15, -0.1) is 0 Å². The number of imidazole rings is 1. The monoisotopic (exact) mass is 347 g/mol. The van der Waals surface area contributed by atoms with Crippen molar-refractivity contribution in [3.8, 4) is 22.8 Å². The van der Waals surface area contributed by atoms with Crippen molar-refractivity contribution in [1.29, 1.82) is 0 Å². The van der Waals surface area contributed by atoms with Gasteiger partial charge < -0.3 is 10.3 Å². The van der Waals surface area contributed by atoms with Gasteiger partial charge in [-0.25, -0.2) is 15.0 Å². The number of nitrogens with zero attached hydrogens (tertiary/aromatic N) is 3. The number of aromatic amines is 1. The summed E-state index contributed by atoms with van der Waals surface area (Å²) in [5, 5.41) is 3.85. The molecule has 2 aromatic carbocycles. The van der Waals surface area contributed by atoms with Crippen LogP contribution in [0.15, 0.2) is 73.1 Å². The molecule has 6 heteroatoms. The SMILES string of the molecule is Clc1ccc(Nc2nccc(-c3cnc(-c4ccccc4)[nH]3)n2)cc1. The Balaban J connectivity index is 1.59. The second kappa shape index (κ2) is 6.75. The summed E-state index contributed by atoms with van der Waals surface area (Å²) in [6.07, 6.45) is 3.49. The van der Waals surface area contributed by atoms with Crippen LogP contribution in [0.25, 0.3) is 22.8 Å². The zero-order chi connectivity index (χ0) is 17.1. The van der Waals surface area contributed by atoms with Crippen molar-refractivity contribution in [2.45, 2.75) is 0 Å². The number of rotatable bonds is 4. The minimum atomic E-state index is 0.510. The molecule has 0 unspecified atom stereocenters. The van der Waals surface area contributed by atoms with E-state index in [0.29, 0.717) is 11.0 Å². The van der Waals surface area contributed by atoms with Gasteiger partial charge >= 0.3 is 0 Å². The Morgan fingerprint density at radius 3 is 2.48 bits per heavy atom. The first-order chi connectivity index (χ1) is 12.3. The van der Waals surface area contributed by atoms with Crippen LogP contribution >= 0.6 is 11.6 Å². The molecule has 0 saturated heterocycles. The molecule has 0 amide bonds. The molecule has 2 aromatic heterocycles. The Kier molecular flexibility index (Phi) is 4.14. The molecule has 0 fully saturated rings. The van der Waals surface area contributed by atoms with E-state index in [4.69, 9.17) is 11.6 Å². The average Bonchev–Trinajstić information content (AvgIpc) is 3.15. The van der Waals surface area contributed by atoms with Crippen LogP contribution in [0.1, 0.15) is 0 Å². The predicted molar refractivity (Wildman–Crippen MR) is 99.8 cm³/mol. The van der Waals surface area contributed by atoms with Crippen molar-refractivity contribution >= 4 is 23.2 Å². The van der Waals surface area contributed by atoms with Crippen molar-refractivity contribution in [2.24, 2.45) is 0 Å². The molecule has 5 nitrogen and oxygen atoms in total. The third-order valence-electron chi connectivity index (χ3n) is 3.65. The first-order valence-corrected chi connectivity index (χ1v) is 8.12. The molecule has 0 radical (unpaired) electrons. The highest BCUT2D eigenvalue weighted by atomic mass is 35.5. The minimum absolute atomic E-state index is 0.510. The van der Waals surface area contributed by atoms with Crippen LogP contribution in [0.4, 0.5) is 11.6 Å². The third-order valence-corrected chi connectivity index (χ3v) is 3.91. The minimum Gasteiger partial charge on any atom is -0.337 e. The van der Waals surface area contributed by atoms with Gasteiger partial charge in [0.15, 0.2) is 0 Å². The van der Waals surface area contributed by atoms with Crippen molar-refractivity contribution in [2.75, 3.05) is 5.32 Å². The highest BCUT2D eigenvalue weighted by molar-refractivity contribution is 6.30. The zero-order valence-electron chi connectivity index (χ0n) is 13.1. The number of benzene rings is 2. The molecule has 2 N–H and O–H groups in total. The molecule has 4 aromatic rings. The summed E-state index contributed by atoms with van der Waals surface area (Å²) < 4.78 is 0. The summed E-state index contributed by atoms with van der Waals surface area (Å²) in [7, 11) is 0. The van der Waals surface area contributed by atoms with Gasteiger partial charge in [0, 0.05) is 22.5 Å². The second-order valence-corrected chi connectivity index (χ2v) is 5.85. The zero-order valence-corrected chi connectivity index (χ0v) is 13.9. The number of H-pyrrole nitrogens is 1. The number of hydrogen-bond donors (Lipinski definition) is 2. The highest BCUT2D eigenvalue weighted by Gasteiger charge is 2.08. The van der Waals surface area contributed by atoms with E-state index in [1.54, 1.807) is 12.4 Å². The fraction of sp³-hybridized carbons (Fsp3) is 0. The Labute approximate surface area is 149 Å². The van der Waals surface area contributed by atoms with Gasteiger partial charge in [0.2, 0.25) is 5.95 Å². The molecule has 0 aliphatic rings. The molecule has 0 aliphatic heterocycles. The first kappa shape index (κ1) is 15.4. The standard InChI is InChI=1S/C19H14ClN5/c20-14-6-8-15(9-7-14)23-19-21-11-10-16(25-19)17-12-22-18(24-17)13-4-2-1-3-5-13/h1-12H,(H,22,24)(H,21,23,25). The summed E-state index contributed by atoms with van der Waals surface area (Å²) in [5.41, 5.74) is 3.50. The fourth-order valence-electron chi connectivity index (χ4n) is 2.43. The predicted octanol–water partition coefficient (Wildman–Crippen LogP) is 4.93. The van der Waals surface area contributed by atoms with Gasteiger partial charge in [0.1, 0.15) is 5.82 Å². The van der Waals surface area contributed by atoms with Gasteiger partial charge in [-0.1, -0.05) is 41.9 Å². The molecule has 122 valence electrons. The van der Waals surface area contributed by atoms with Gasteiger partial charge in [0.25, 0.3) is 0 Å². The van der Waals surface area contributed by atoms with E-state index in [2.05, 4.69) is 25.3 Å². The van der Waals surface area contributed by atoms with Crippen molar-refractivity contribution in [3.05, 3.63) is 78.1 Å². The van der Waals surface area contributed by atoms with Crippen LogP contribution in [-0.4, -0.2) is 19.9 Å². The number of anilines is 2. The summed E-state index contributed by atoms with van der Waals surface area (Å²) in [6, 6.07) is 19.2. The van der Waals surface area contributed by atoms with Gasteiger partial charge in [-0.3, -0.25) is 0 Å². The van der Waals surface area contributed by atoms with Crippen LogP contribution in [0.3, 0.4) is 0 Å². The molecule has 0 saturated carbocycles. The Morgan fingerprint density at radius 2 is 1.68 bits per heavy atom. The van der Waals surface area contributed by atoms with Crippen molar-refractivity contribution in [3.63, 3.8) is 0 Å². The maximum absolute atomic E-state index is 5.90. The van der Waals surface area contributed by atoms with Crippen LogP contribution in [-0.2, 0) is 0 Å². The van der Waals surface area contributed by atoms with Crippen LogP contribution in [0.5, 0.6) is 0 Å². The maximum Gasteiger partial charge on any atom is 0.227 e. The molecule has 0 aliphatic carbocycles. The summed E-state index contributed by atoms with van der Waals surface area (Å²) in [4.78, 5) is 16.5. The van der Waals surface area contributed by atoms with E-state index in [-0.39, 0.29) is 0 Å². The molecule has 25 heavy (non-hydrogen) atoms. The Morgan fingerprint density at radius 1 is 0.880 bits per heavy atom. The molecule has 0 bridgehead atoms. The number of nitrogens with one attached hydrogen (secondary N) is 2. The second-order valence-electron chi connectivity index (χ2n) is 5.41. The summed E-state index contributed by atoms with van der Waals surface area (Å²) in [5.74, 6) is 1.32. The van der Waals surface area contributed by atoms with Crippen molar-refractivity contribution in [1.82, 2.24) is 19.9 Å². The normalized spacial score (nSPS) is 10.6. The Hall–Kier alpha value is -3.18. The summed E-state index contributed by atoms with van der Waals surface area (Å²) >= 11 is 5.90. The lowest BCUT2D eigenvalue weighted by atomic mass is 10.2. The van der Waals surface area contributed by atoms with Gasteiger partial charge in [0.05, 0.1) is 17.6 Å². The van der Waals surface area contributed by atoms with Crippen LogP contribution < -0.4 is 5.32 Å². The topological polar surface area (TPSA) is 66.5 Å². The maximum atomic E-state index is 5.90.